The lowest BCUT2D eigenvalue weighted by Gasteiger charge is -2.34. The van der Waals surface area contributed by atoms with E-state index < -0.39 is 0 Å². The molecule has 4 nitrogen and oxygen atoms in total. The third kappa shape index (κ3) is 2.67. The van der Waals surface area contributed by atoms with Gasteiger partial charge in [-0.3, -0.25) is 9.59 Å². The van der Waals surface area contributed by atoms with Gasteiger partial charge in [0.2, 0.25) is 11.8 Å². The Labute approximate surface area is 125 Å². The monoisotopic (exact) mass is 286 g/mol. The Morgan fingerprint density at radius 2 is 1.81 bits per heavy atom. The molecule has 21 heavy (non-hydrogen) atoms. The summed E-state index contributed by atoms with van der Waals surface area (Å²) < 4.78 is 0. The van der Waals surface area contributed by atoms with Crippen molar-refractivity contribution >= 4 is 11.8 Å². The molecule has 0 unspecified atom stereocenters. The fourth-order valence-electron chi connectivity index (χ4n) is 3.63. The van der Waals surface area contributed by atoms with Crippen molar-refractivity contribution in [2.45, 2.75) is 37.5 Å². The van der Waals surface area contributed by atoms with Gasteiger partial charge in [-0.2, -0.15) is 0 Å². The molecule has 0 atom stereocenters. The van der Waals surface area contributed by atoms with Crippen LogP contribution in [0.4, 0.5) is 0 Å². The van der Waals surface area contributed by atoms with Gasteiger partial charge in [0.1, 0.15) is 0 Å². The van der Waals surface area contributed by atoms with E-state index >= 15 is 0 Å². The predicted octanol–water partition coefficient (Wildman–Crippen LogP) is 1.85. The Hall–Kier alpha value is -1.84. The van der Waals surface area contributed by atoms with Gasteiger partial charge in [-0.25, -0.2) is 0 Å². The standard InChI is InChI=1S/C17H22N2O2/c20-15-8-12-19(13-11-18-15)16(21)17(9-4-5-10-17)14-6-2-1-3-7-14/h1-3,6-7H,4-5,8-13H2,(H,18,20). The van der Waals surface area contributed by atoms with Crippen molar-refractivity contribution in [1.82, 2.24) is 10.2 Å². The van der Waals surface area contributed by atoms with E-state index in [2.05, 4.69) is 17.4 Å². The normalized spacial score (nSPS) is 21.7. The Morgan fingerprint density at radius 1 is 1.10 bits per heavy atom. The van der Waals surface area contributed by atoms with Gasteiger partial charge < -0.3 is 10.2 Å². The summed E-state index contributed by atoms with van der Waals surface area (Å²) in [5, 5.41) is 2.84. The average molecular weight is 286 g/mol. The average Bonchev–Trinajstić information content (AvgIpc) is 2.92. The lowest BCUT2D eigenvalue weighted by Crippen LogP contribution is -2.46. The number of amides is 2. The molecule has 0 bridgehead atoms. The molecule has 1 aromatic carbocycles. The largest absolute Gasteiger partial charge is 0.354 e. The van der Waals surface area contributed by atoms with Gasteiger partial charge in [0.05, 0.1) is 5.41 Å². The number of nitrogens with one attached hydrogen (secondary N) is 1. The quantitative estimate of drug-likeness (QED) is 0.902. The van der Waals surface area contributed by atoms with E-state index in [0.29, 0.717) is 26.1 Å². The van der Waals surface area contributed by atoms with Crippen LogP contribution >= 0.6 is 0 Å². The fraction of sp³-hybridized carbons (Fsp3) is 0.529. The highest BCUT2D eigenvalue weighted by Crippen LogP contribution is 2.42. The highest BCUT2D eigenvalue weighted by atomic mass is 16.2. The van der Waals surface area contributed by atoms with Crippen LogP contribution in [0.3, 0.4) is 0 Å². The molecule has 1 aliphatic heterocycles. The maximum Gasteiger partial charge on any atom is 0.233 e. The third-order valence-electron chi connectivity index (χ3n) is 4.79. The molecule has 1 aliphatic carbocycles. The van der Waals surface area contributed by atoms with Gasteiger partial charge in [-0.05, 0) is 18.4 Å². The first-order valence-electron chi connectivity index (χ1n) is 7.84. The van der Waals surface area contributed by atoms with Crippen LogP contribution in [-0.4, -0.2) is 36.3 Å². The molecule has 1 aromatic rings. The second kappa shape index (κ2) is 5.88. The Balaban J connectivity index is 1.87. The third-order valence-corrected chi connectivity index (χ3v) is 4.79. The second-order valence-corrected chi connectivity index (χ2v) is 6.05. The van der Waals surface area contributed by atoms with Crippen LogP contribution in [-0.2, 0) is 15.0 Å². The van der Waals surface area contributed by atoms with E-state index in [1.54, 1.807) is 0 Å². The zero-order valence-electron chi connectivity index (χ0n) is 12.3. The minimum absolute atomic E-state index is 0.0467. The zero-order valence-corrected chi connectivity index (χ0v) is 12.3. The van der Waals surface area contributed by atoms with Gasteiger partial charge in [0, 0.05) is 26.1 Å². The molecule has 1 heterocycles. The summed E-state index contributed by atoms with van der Waals surface area (Å²) in [5.74, 6) is 0.258. The van der Waals surface area contributed by atoms with Crippen LogP contribution in [0.1, 0.15) is 37.7 Å². The van der Waals surface area contributed by atoms with Crippen LogP contribution in [0.2, 0.25) is 0 Å². The Bertz CT molecular complexity index is 521. The van der Waals surface area contributed by atoms with Gasteiger partial charge in [0.15, 0.2) is 0 Å². The van der Waals surface area contributed by atoms with Crippen molar-refractivity contribution < 1.29 is 9.59 Å². The van der Waals surface area contributed by atoms with E-state index in [0.717, 1.165) is 31.2 Å². The lowest BCUT2D eigenvalue weighted by atomic mass is 9.77. The number of benzene rings is 1. The fourth-order valence-corrected chi connectivity index (χ4v) is 3.63. The molecule has 1 N–H and O–H groups in total. The minimum atomic E-state index is -0.366. The van der Waals surface area contributed by atoms with Crippen molar-refractivity contribution in [3.05, 3.63) is 35.9 Å². The summed E-state index contributed by atoms with van der Waals surface area (Å²) in [6.45, 7) is 1.73. The van der Waals surface area contributed by atoms with Crippen molar-refractivity contribution in [2.75, 3.05) is 19.6 Å². The number of hydrogen-bond acceptors (Lipinski definition) is 2. The summed E-state index contributed by atoms with van der Waals surface area (Å²) in [6.07, 6.45) is 4.47. The first kappa shape index (κ1) is 14.1. The second-order valence-electron chi connectivity index (χ2n) is 6.05. The molecule has 112 valence electrons. The molecule has 2 fully saturated rings. The highest BCUT2D eigenvalue weighted by molar-refractivity contribution is 5.89. The van der Waals surface area contributed by atoms with E-state index in [-0.39, 0.29) is 17.2 Å². The first-order valence-corrected chi connectivity index (χ1v) is 7.84. The van der Waals surface area contributed by atoms with Crippen LogP contribution in [0, 0.1) is 0 Å². The van der Waals surface area contributed by atoms with Crippen LogP contribution in [0.25, 0.3) is 0 Å². The van der Waals surface area contributed by atoms with E-state index in [4.69, 9.17) is 0 Å². The Morgan fingerprint density at radius 3 is 2.52 bits per heavy atom. The SMILES string of the molecule is O=C1CCN(C(=O)C2(c3ccccc3)CCCC2)CCN1. The maximum atomic E-state index is 13.2. The molecule has 3 rings (SSSR count). The van der Waals surface area contributed by atoms with E-state index in [1.807, 2.05) is 23.1 Å². The molecule has 0 aromatic heterocycles. The van der Waals surface area contributed by atoms with Crippen LogP contribution < -0.4 is 5.32 Å². The van der Waals surface area contributed by atoms with Crippen LogP contribution in [0.15, 0.2) is 30.3 Å². The number of rotatable bonds is 2. The van der Waals surface area contributed by atoms with Crippen molar-refractivity contribution in [1.29, 1.82) is 0 Å². The van der Waals surface area contributed by atoms with E-state index in [1.165, 1.54) is 0 Å². The maximum absolute atomic E-state index is 13.2. The van der Waals surface area contributed by atoms with Crippen LogP contribution in [0.5, 0.6) is 0 Å². The zero-order chi connectivity index (χ0) is 14.7. The predicted molar refractivity (Wildman–Crippen MR) is 80.8 cm³/mol. The summed E-state index contributed by atoms with van der Waals surface area (Å²) in [6, 6.07) is 10.2. The smallest absolute Gasteiger partial charge is 0.233 e. The van der Waals surface area contributed by atoms with Gasteiger partial charge in [-0.15, -0.1) is 0 Å². The molecular formula is C17H22N2O2. The molecule has 4 heteroatoms. The lowest BCUT2D eigenvalue weighted by molar-refractivity contribution is -0.137. The summed E-state index contributed by atoms with van der Waals surface area (Å²) in [5.41, 5.74) is 0.769. The van der Waals surface area contributed by atoms with E-state index in [9.17, 15) is 9.59 Å². The molecule has 2 aliphatic rings. The number of hydrogen-bond donors (Lipinski definition) is 1. The minimum Gasteiger partial charge on any atom is -0.354 e. The topological polar surface area (TPSA) is 49.4 Å². The molecule has 2 amide bonds. The van der Waals surface area contributed by atoms with Crippen molar-refractivity contribution in [3.63, 3.8) is 0 Å². The summed E-state index contributed by atoms with van der Waals surface area (Å²) >= 11 is 0. The number of nitrogens with zero attached hydrogens (tertiary/aromatic N) is 1. The number of carbonyl (C=O) groups excluding carboxylic acids is 2. The molecular weight excluding hydrogens is 264 g/mol. The summed E-state index contributed by atoms with van der Waals surface area (Å²) in [4.78, 5) is 26.5. The first-order chi connectivity index (χ1) is 10.2. The number of carbonyl (C=O) groups is 2. The highest BCUT2D eigenvalue weighted by Gasteiger charge is 2.44. The summed E-state index contributed by atoms with van der Waals surface area (Å²) in [7, 11) is 0. The molecule has 0 spiro atoms. The van der Waals surface area contributed by atoms with Gasteiger partial charge in [-0.1, -0.05) is 43.2 Å². The van der Waals surface area contributed by atoms with Gasteiger partial charge in [0.25, 0.3) is 0 Å². The van der Waals surface area contributed by atoms with Crippen molar-refractivity contribution in [3.8, 4) is 0 Å². The Kier molecular flexibility index (Phi) is 3.95. The molecule has 1 saturated carbocycles. The van der Waals surface area contributed by atoms with Crippen molar-refractivity contribution in [2.24, 2.45) is 0 Å². The van der Waals surface area contributed by atoms with Gasteiger partial charge >= 0.3 is 0 Å². The molecule has 0 radical (unpaired) electrons. The molecule has 1 saturated heterocycles.